The highest BCUT2D eigenvalue weighted by Crippen LogP contribution is 2.22. The molecule has 5 nitrogen and oxygen atoms in total. The lowest BCUT2D eigenvalue weighted by Gasteiger charge is -2.12. The minimum absolute atomic E-state index is 0.0247. The highest BCUT2D eigenvalue weighted by Gasteiger charge is 2.17. The summed E-state index contributed by atoms with van der Waals surface area (Å²) in [6.45, 7) is 1.55. The molecule has 0 fully saturated rings. The fraction of sp³-hybridized carbons (Fsp3) is 0.333. The second kappa shape index (κ2) is 7.06. The van der Waals surface area contributed by atoms with E-state index < -0.39 is 17.6 Å². The Bertz CT molecular complexity index is 482. The molecular formula is C12H14ClFN2O3. The topological polar surface area (TPSA) is 78.4 Å². The Balaban J connectivity index is 2.64. The van der Waals surface area contributed by atoms with Crippen molar-refractivity contribution >= 4 is 29.1 Å². The van der Waals surface area contributed by atoms with Crippen LogP contribution in [-0.2, 0) is 9.59 Å². The van der Waals surface area contributed by atoms with E-state index in [-0.39, 0.29) is 23.4 Å². The first-order chi connectivity index (χ1) is 8.93. The zero-order valence-corrected chi connectivity index (χ0v) is 11.0. The SMILES string of the molecule is C[C@H](CCO)NC(=O)C(=O)Nc1cc(F)ccc1Cl. The maximum atomic E-state index is 13.0. The van der Waals surface area contributed by atoms with E-state index in [1.807, 2.05) is 0 Å². The molecule has 2 amide bonds. The maximum absolute atomic E-state index is 13.0. The first kappa shape index (κ1) is 15.4. The number of amides is 2. The molecule has 7 heteroatoms. The third-order valence-electron chi connectivity index (χ3n) is 2.32. The van der Waals surface area contributed by atoms with Crippen LogP contribution in [0.25, 0.3) is 0 Å². The van der Waals surface area contributed by atoms with Gasteiger partial charge in [-0.15, -0.1) is 0 Å². The van der Waals surface area contributed by atoms with Gasteiger partial charge in [0.2, 0.25) is 0 Å². The average molecular weight is 289 g/mol. The number of benzene rings is 1. The monoisotopic (exact) mass is 288 g/mol. The molecule has 0 aliphatic carbocycles. The van der Waals surface area contributed by atoms with Crippen molar-refractivity contribution in [2.24, 2.45) is 0 Å². The first-order valence-electron chi connectivity index (χ1n) is 5.61. The van der Waals surface area contributed by atoms with Crippen LogP contribution in [0.5, 0.6) is 0 Å². The largest absolute Gasteiger partial charge is 0.396 e. The van der Waals surface area contributed by atoms with Gasteiger partial charge in [-0.2, -0.15) is 0 Å². The van der Waals surface area contributed by atoms with Crippen molar-refractivity contribution in [1.82, 2.24) is 5.32 Å². The Morgan fingerprint density at radius 2 is 2.11 bits per heavy atom. The van der Waals surface area contributed by atoms with E-state index in [0.717, 1.165) is 12.1 Å². The zero-order valence-electron chi connectivity index (χ0n) is 10.2. The molecule has 1 aromatic carbocycles. The lowest BCUT2D eigenvalue weighted by Crippen LogP contribution is -2.40. The number of rotatable bonds is 4. The van der Waals surface area contributed by atoms with Gasteiger partial charge in [0.05, 0.1) is 10.7 Å². The number of hydrogen-bond acceptors (Lipinski definition) is 3. The van der Waals surface area contributed by atoms with Gasteiger partial charge in [-0.05, 0) is 31.5 Å². The second-order valence-corrected chi connectivity index (χ2v) is 4.37. The molecule has 0 aliphatic rings. The maximum Gasteiger partial charge on any atom is 0.313 e. The number of halogens is 2. The standard InChI is InChI=1S/C12H14ClFN2O3/c1-7(4-5-17)15-11(18)12(19)16-10-6-8(14)2-3-9(10)13/h2-3,6-7,17H,4-5H2,1H3,(H,15,18)(H,16,19)/t7-/m1/s1. The van der Waals surface area contributed by atoms with Crippen LogP contribution < -0.4 is 10.6 Å². The van der Waals surface area contributed by atoms with E-state index in [9.17, 15) is 14.0 Å². The second-order valence-electron chi connectivity index (χ2n) is 3.97. The van der Waals surface area contributed by atoms with Gasteiger partial charge >= 0.3 is 11.8 Å². The van der Waals surface area contributed by atoms with Gasteiger partial charge in [0.1, 0.15) is 5.82 Å². The minimum Gasteiger partial charge on any atom is -0.396 e. The van der Waals surface area contributed by atoms with Crippen LogP contribution in [0.2, 0.25) is 5.02 Å². The average Bonchev–Trinajstić information content (AvgIpc) is 2.34. The van der Waals surface area contributed by atoms with E-state index >= 15 is 0 Å². The fourth-order valence-electron chi connectivity index (χ4n) is 1.33. The molecule has 0 unspecified atom stereocenters. The molecule has 19 heavy (non-hydrogen) atoms. The molecule has 0 aliphatic heterocycles. The number of nitrogens with one attached hydrogen (secondary N) is 2. The number of aliphatic hydroxyl groups is 1. The molecule has 1 rings (SSSR count). The Kier molecular flexibility index (Phi) is 5.72. The predicted molar refractivity (Wildman–Crippen MR) is 69.3 cm³/mol. The molecule has 0 bridgehead atoms. The molecule has 0 saturated carbocycles. The summed E-state index contributed by atoms with van der Waals surface area (Å²) in [6, 6.07) is 3.09. The van der Waals surface area contributed by atoms with E-state index in [1.54, 1.807) is 6.92 Å². The number of hydrogen-bond donors (Lipinski definition) is 3. The Morgan fingerprint density at radius 1 is 1.42 bits per heavy atom. The van der Waals surface area contributed by atoms with Crippen molar-refractivity contribution in [2.45, 2.75) is 19.4 Å². The fourth-order valence-corrected chi connectivity index (χ4v) is 1.49. The molecular weight excluding hydrogens is 275 g/mol. The summed E-state index contributed by atoms with van der Waals surface area (Å²) in [6.07, 6.45) is 0.333. The van der Waals surface area contributed by atoms with Crippen LogP contribution in [-0.4, -0.2) is 29.6 Å². The van der Waals surface area contributed by atoms with Crippen LogP contribution in [0.1, 0.15) is 13.3 Å². The van der Waals surface area contributed by atoms with Crippen LogP contribution in [0, 0.1) is 5.82 Å². The molecule has 104 valence electrons. The predicted octanol–water partition coefficient (Wildman–Crippen LogP) is 1.30. The van der Waals surface area contributed by atoms with Crippen LogP contribution in [0.4, 0.5) is 10.1 Å². The van der Waals surface area contributed by atoms with Crippen molar-refractivity contribution in [3.8, 4) is 0 Å². The summed E-state index contributed by atoms with van der Waals surface area (Å²) in [5.41, 5.74) is 0.0247. The summed E-state index contributed by atoms with van der Waals surface area (Å²) < 4.78 is 13.0. The van der Waals surface area contributed by atoms with Crippen LogP contribution in [0.15, 0.2) is 18.2 Å². The molecule has 0 heterocycles. The Hall–Kier alpha value is -1.66. The summed E-state index contributed by atoms with van der Waals surface area (Å²) >= 11 is 5.75. The third-order valence-corrected chi connectivity index (χ3v) is 2.65. The van der Waals surface area contributed by atoms with Crippen LogP contribution in [0.3, 0.4) is 0 Å². The van der Waals surface area contributed by atoms with Gasteiger partial charge < -0.3 is 15.7 Å². The summed E-state index contributed by atoms with van der Waals surface area (Å²) in [5.74, 6) is -2.40. The van der Waals surface area contributed by atoms with E-state index in [2.05, 4.69) is 10.6 Å². The molecule has 1 aromatic rings. The molecule has 0 spiro atoms. The van der Waals surface area contributed by atoms with Crippen molar-refractivity contribution in [3.05, 3.63) is 29.0 Å². The molecule has 3 N–H and O–H groups in total. The summed E-state index contributed by atoms with van der Waals surface area (Å²) in [7, 11) is 0. The lowest BCUT2D eigenvalue weighted by molar-refractivity contribution is -0.136. The quantitative estimate of drug-likeness (QED) is 0.731. The highest BCUT2D eigenvalue weighted by atomic mass is 35.5. The smallest absolute Gasteiger partial charge is 0.313 e. The zero-order chi connectivity index (χ0) is 14.4. The molecule has 0 radical (unpaired) electrons. The van der Waals surface area contributed by atoms with Crippen molar-refractivity contribution in [2.75, 3.05) is 11.9 Å². The van der Waals surface area contributed by atoms with Crippen molar-refractivity contribution in [1.29, 1.82) is 0 Å². The normalized spacial score (nSPS) is 11.8. The van der Waals surface area contributed by atoms with Gasteiger partial charge in [-0.3, -0.25) is 9.59 Å². The number of carbonyl (C=O) groups is 2. The van der Waals surface area contributed by atoms with Gasteiger partial charge in [0.15, 0.2) is 0 Å². The van der Waals surface area contributed by atoms with Gasteiger partial charge in [-0.25, -0.2) is 4.39 Å². The number of aliphatic hydroxyl groups excluding tert-OH is 1. The van der Waals surface area contributed by atoms with Gasteiger partial charge in [-0.1, -0.05) is 11.6 Å². The van der Waals surface area contributed by atoms with Gasteiger partial charge in [0, 0.05) is 12.6 Å². The van der Waals surface area contributed by atoms with Crippen molar-refractivity contribution < 1.29 is 19.1 Å². The Morgan fingerprint density at radius 3 is 2.74 bits per heavy atom. The molecule has 0 aromatic heterocycles. The van der Waals surface area contributed by atoms with E-state index in [1.165, 1.54) is 6.07 Å². The third kappa shape index (κ3) is 4.84. The van der Waals surface area contributed by atoms with E-state index in [4.69, 9.17) is 16.7 Å². The van der Waals surface area contributed by atoms with Crippen LogP contribution >= 0.6 is 11.6 Å². The van der Waals surface area contributed by atoms with Crippen molar-refractivity contribution in [3.63, 3.8) is 0 Å². The number of anilines is 1. The minimum atomic E-state index is -0.947. The van der Waals surface area contributed by atoms with E-state index in [0.29, 0.717) is 6.42 Å². The molecule has 0 saturated heterocycles. The summed E-state index contributed by atoms with van der Waals surface area (Å²) in [4.78, 5) is 23.0. The number of carbonyl (C=O) groups excluding carboxylic acids is 2. The first-order valence-corrected chi connectivity index (χ1v) is 5.99. The Labute approximate surface area is 114 Å². The lowest BCUT2D eigenvalue weighted by atomic mass is 10.2. The molecule has 1 atom stereocenters. The summed E-state index contributed by atoms with van der Waals surface area (Å²) in [5, 5.41) is 13.4. The highest BCUT2D eigenvalue weighted by molar-refractivity contribution is 6.41. The van der Waals surface area contributed by atoms with Gasteiger partial charge in [0.25, 0.3) is 0 Å².